The lowest BCUT2D eigenvalue weighted by Crippen LogP contribution is -2.05. The maximum absolute atomic E-state index is 6.00. The third-order valence-corrected chi connectivity index (χ3v) is 3.72. The highest BCUT2D eigenvalue weighted by Gasteiger charge is 2.06. The van der Waals surface area contributed by atoms with Crippen LogP contribution in [-0.4, -0.2) is 16.2 Å². The second kappa shape index (κ2) is 6.52. The third kappa shape index (κ3) is 3.22. The zero-order valence-corrected chi connectivity index (χ0v) is 12.8. The van der Waals surface area contributed by atoms with Crippen molar-refractivity contribution in [1.29, 1.82) is 0 Å². The maximum Gasteiger partial charge on any atom is 0.201 e. The molecule has 3 rings (SSSR count). The van der Waals surface area contributed by atoms with Crippen LogP contribution in [0.3, 0.4) is 0 Å². The van der Waals surface area contributed by atoms with E-state index in [1.807, 2.05) is 30.3 Å². The minimum atomic E-state index is 0.584. The second-order valence-electron chi connectivity index (χ2n) is 5.48. The summed E-state index contributed by atoms with van der Waals surface area (Å²) in [5.74, 6) is 1.52. The fourth-order valence-electron chi connectivity index (χ4n) is 2.60. The fourth-order valence-corrected chi connectivity index (χ4v) is 2.60. The van der Waals surface area contributed by atoms with Gasteiger partial charge in [0, 0.05) is 6.54 Å². The van der Waals surface area contributed by atoms with Gasteiger partial charge in [-0.3, -0.25) is 0 Å². The van der Waals surface area contributed by atoms with Crippen LogP contribution in [0.4, 0.5) is 5.95 Å². The number of fused-ring (bicyclic) bond motifs is 1. The van der Waals surface area contributed by atoms with Crippen LogP contribution in [-0.2, 0) is 6.54 Å². The average Bonchev–Trinajstić information content (AvgIpc) is 2.83. The molecule has 22 heavy (non-hydrogen) atoms. The van der Waals surface area contributed by atoms with E-state index in [1.54, 1.807) is 0 Å². The summed E-state index contributed by atoms with van der Waals surface area (Å²) in [6.07, 6.45) is 2.00. The van der Waals surface area contributed by atoms with E-state index >= 15 is 0 Å². The fraction of sp³-hybridized carbons (Fsp3) is 0.278. The van der Waals surface area contributed by atoms with Crippen LogP contribution in [0.5, 0.6) is 5.75 Å². The van der Waals surface area contributed by atoms with Gasteiger partial charge in [-0.2, -0.15) is 0 Å². The van der Waals surface area contributed by atoms with Gasteiger partial charge in [-0.1, -0.05) is 24.3 Å². The predicted octanol–water partition coefficient (Wildman–Crippen LogP) is 3.79. The summed E-state index contributed by atoms with van der Waals surface area (Å²) in [5.41, 5.74) is 9.27. The molecule has 0 aliphatic rings. The highest BCUT2D eigenvalue weighted by Crippen LogP contribution is 2.18. The molecule has 114 valence electrons. The molecule has 0 atom stereocenters. The minimum Gasteiger partial charge on any atom is -0.494 e. The smallest absolute Gasteiger partial charge is 0.201 e. The molecule has 0 bridgehead atoms. The molecule has 0 unspecified atom stereocenters. The summed E-state index contributed by atoms with van der Waals surface area (Å²) in [5, 5.41) is 0. The molecule has 0 fully saturated rings. The minimum absolute atomic E-state index is 0.584. The molecule has 4 heteroatoms. The number of nitrogens with two attached hydrogens (primary N) is 1. The first kappa shape index (κ1) is 14.4. The number of para-hydroxylation sites is 2. The lowest BCUT2D eigenvalue weighted by molar-refractivity contribution is 0.303. The Morgan fingerprint density at radius 1 is 1.09 bits per heavy atom. The predicted molar refractivity (Wildman–Crippen MR) is 90.1 cm³/mol. The first-order valence-electron chi connectivity index (χ1n) is 7.64. The molecule has 0 aliphatic carbocycles. The van der Waals surface area contributed by atoms with Crippen molar-refractivity contribution >= 4 is 17.0 Å². The van der Waals surface area contributed by atoms with Crippen molar-refractivity contribution in [2.75, 3.05) is 12.3 Å². The van der Waals surface area contributed by atoms with Crippen LogP contribution in [0.15, 0.2) is 48.5 Å². The SMILES string of the molecule is Cc1cccc(OCCCCn2c(N)nc3ccccc32)c1. The Kier molecular flexibility index (Phi) is 4.28. The molecule has 2 N–H and O–H groups in total. The number of nitrogens with zero attached hydrogens (tertiary/aromatic N) is 2. The number of benzene rings is 2. The molecule has 0 saturated carbocycles. The van der Waals surface area contributed by atoms with E-state index < -0.39 is 0 Å². The van der Waals surface area contributed by atoms with E-state index in [0.29, 0.717) is 5.95 Å². The second-order valence-corrected chi connectivity index (χ2v) is 5.48. The van der Waals surface area contributed by atoms with Gasteiger partial charge < -0.3 is 15.0 Å². The summed E-state index contributed by atoms with van der Waals surface area (Å²) in [7, 11) is 0. The highest BCUT2D eigenvalue weighted by molar-refractivity contribution is 5.78. The Labute approximate surface area is 130 Å². The molecule has 4 nitrogen and oxygen atoms in total. The Bertz CT molecular complexity index is 764. The van der Waals surface area contributed by atoms with Crippen molar-refractivity contribution in [3.63, 3.8) is 0 Å². The van der Waals surface area contributed by atoms with E-state index in [9.17, 15) is 0 Å². The summed E-state index contributed by atoms with van der Waals surface area (Å²) < 4.78 is 7.84. The van der Waals surface area contributed by atoms with Gasteiger partial charge in [0.15, 0.2) is 0 Å². The number of aryl methyl sites for hydroxylation is 2. The number of hydrogen-bond acceptors (Lipinski definition) is 3. The molecular weight excluding hydrogens is 274 g/mol. The number of imidazole rings is 1. The van der Waals surface area contributed by atoms with Gasteiger partial charge in [0.05, 0.1) is 17.6 Å². The average molecular weight is 295 g/mol. The molecule has 3 aromatic rings. The van der Waals surface area contributed by atoms with Crippen LogP contribution >= 0.6 is 0 Å². The van der Waals surface area contributed by atoms with Gasteiger partial charge in [0.1, 0.15) is 5.75 Å². The first-order chi connectivity index (χ1) is 10.7. The quantitative estimate of drug-likeness (QED) is 0.704. The summed E-state index contributed by atoms with van der Waals surface area (Å²) in [6.45, 7) is 3.65. The van der Waals surface area contributed by atoms with Gasteiger partial charge in [0.2, 0.25) is 5.95 Å². The summed E-state index contributed by atoms with van der Waals surface area (Å²) in [4.78, 5) is 4.38. The Hall–Kier alpha value is -2.49. The highest BCUT2D eigenvalue weighted by atomic mass is 16.5. The van der Waals surface area contributed by atoms with Crippen LogP contribution in [0.25, 0.3) is 11.0 Å². The van der Waals surface area contributed by atoms with Gasteiger partial charge >= 0.3 is 0 Å². The van der Waals surface area contributed by atoms with Gasteiger partial charge in [-0.25, -0.2) is 4.98 Å². The van der Waals surface area contributed by atoms with E-state index in [2.05, 4.69) is 34.7 Å². The molecular formula is C18H21N3O. The van der Waals surface area contributed by atoms with Gasteiger partial charge in [0.25, 0.3) is 0 Å². The van der Waals surface area contributed by atoms with Crippen LogP contribution in [0, 0.1) is 6.92 Å². The van der Waals surface area contributed by atoms with Crippen LogP contribution in [0.1, 0.15) is 18.4 Å². The lowest BCUT2D eigenvalue weighted by Gasteiger charge is -2.08. The van der Waals surface area contributed by atoms with Gasteiger partial charge in [-0.05, 0) is 49.6 Å². The maximum atomic E-state index is 6.00. The topological polar surface area (TPSA) is 53.1 Å². The normalized spacial score (nSPS) is 11.0. The van der Waals surface area contributed by atoms with Crippen molar-refractivity contribution in [3.05, 3.63) is 54.1 Å². The monoisotopic (exact) mass is 295 g/mol. The standard InChI is InChI=1S/C18H21N3O/c1-14-7-6-8-15(13-14)22-12-5-4-11-21-17-10-3-2-9-16(17)20-18(21)19/h2-3,6-10,13H,4-5,11-12H2,1H3,(H2,19,20). The van der Waals surface area contributed by atoms with Crippen LogP contribution < -0.4 is 10.5 Å². The van der Waals surface area contributed by atoms with Crippen molar-refractivity contribution in [2.45, 2.75) is 26.3 Å². The number of rotatable bonds is 6. The van der Waals surface area contributed by atoms with Crippen LogP contribution in [0.2, 0.25) is 0 Å². The lowest BCUT2D eigenvalue weighted by atomic mass is 10.2. The van der Waals surface area contributed by atoms with Crippen molar-refractivity contribution < 1.29 is 4.74 Å². The Morgan fingerprint density at radius 2 is 1.95 bits per heavy atom. The first-order valence-corrected chi connectivity index (χ1v) is 7.64. The molecule has 1 aromatic heterocycles. The number of ether oxygens (including phenoxy) is 1. The third-order valence-electron chi connectivity index (χ3n) is 3.72. The number of nitrogen functional groups attached to an aromatic ring is 1. The molecule has 0 aliphatic heterocycles. The Balaban J connectivity index is 1.51. The molecule has 0 radical (unpaired) electrons. The zero-order valence-electron chi connectivity index (χ0n) is 12.8. The molecule has 0 spiro atoms. The van der Waals surface area contributed by atoms with Crippen molar-refractivity contribution in [1.82, 2.24) is 9.55 Å². The van der Waals surface area contributed by atoms with Crippen molar-refractivity contribution in [3.8, 4) is 5.75 Å². The van der Waals surface area contributed by atoms with E-state index in [-0.39, 0.29) is 0 Å². The van der Waals surface area contributed by atoms with Crippen molar-refractivity contribution in [2.24, 2.45) is 0 Å². The molecule has 0 amide bonds. The largest absolute Gasteiger partial charge is 0.494 e. The zero-order chi connectivity index (χ0) is 15.4. The molecule has 0 saturated heterocycles. The number of hydrogen-bond donors (Lipinski definition) is 1. The summed E-state index contributed by atoms with van der Waals surface area (Å²) in [6, 6.07) is 16.2. The van der Waals surface area contributed by atoms with E-state index in [0.717, 1.165) is 42.8 Å². The number of anilines is 1. The summed E-state index contributed by atoms with van der Waals surface area (Å²) >= 11 is 0. The molecule has 1 heterocycles. The Morgan fingerprint density at radius 3 is 2.82 bits per heavy atom. The van der Waals surface area contributed by atoms with E-state index in [1.165, 1.54) is 5.56 Å². The van der Waals surface area contributed by atoms with E-state index in [4.69, 9.17) is 10.5 Å². The van der Waals surface area contributed by atoms with Gasteiger partial charge in [-0.15, -0.1) is 0 Å². The molecule has 2 aromatic carbocycles. The number of aromatic nitrogens is 2. The number of unbranched alkanes of at least 4 members (excludes halogenated alkanes) is 1.